The van der Waals surface area contributed by atoms with Gasteiger partial charge >= 0.3 is 18.1 Å². The van der Waals surface area contributed by atoms with E-state index in [0.717, 1.165) is 30.5 Å². The third kappa shape index (κ3) is 7.79. The lowest BCUT2D eigenvalue weighted by molar-refractivity contribution is -0.192. The van der Waals surface area contributed by atoms with Crippen LogP contribution in [0.4, 0.5) is 13.2 Å². The van der Waals surface area contributed by atoms with Gasteiger partial charge in [0, 0.05) is 19.1 Å². The smallest absolute Gasteiger partial charge is 0.475 e. The second kappa shape index (κ2) is 13.1. The summed E-state index contributed by atoms with van der Waals surface area (Å²) in [5.74, 6) is -3.82. The minimum Gasteiger partial charge on any atom is -0.475 e. The minimum absolute atomic E-state index is 0.103. The zero-order valence-corrected chi connectivity index (χ0v) is 21.7. The molecule has 212 valence electrons. The van der Waals surface area contributed by atoms with E-state index in [-0.39, 0.29) is 36.5 Å². The first-order valence-corrected chi connectivity index (χ1v) is 12.6. The molecule has 0 bridgehead atoms. The number of hydrogen-bond acceptors (Lipinski definition) is 6. The molecule has 1 heterocycles. The Labute approximate surface area is 224 Å². The lowest BCUT2D eigenvalue weighted by Gasteiger charge is -2.29. The van der Waals surface area contributed by atoms with Gasteiger partial charge in [-0.25, -0.2) is 9.59 Å². The highest BCUT2D eigenvalue weighted by atomic mass is 19.4. The summed E-state index contributed by atoms with van der Waals surface area (Å²) in [6, 6.07) is 19.6. The van der Waals surface area contributed by atoms with Gasteiger partial charge in [0.15, 0.2) is 0 Å². The van der Waals surface area contributed by atoms with Crippen molar-refractivity contribution in [2.24, 2.45) is 5.92 Å². The van der Waals surface area contributed by atoms with E-state index < -0.39 is 23.6 Å². The molecule has 0 spiro atoms. The number of carbonyl (C=O) groups is 3. The maximum atomic E-state index is 13.3. The van der Waals surface area contributed by atoms with Gasteiger partial charge in [-0.15, -0.1) is 0 Å². The van der Waals surface area contributed by atoms with Crippen molar-refractivity contribution < 1.29 is 42.1 Å². The largest absolute Gasteiger partial charge is 0.490 e. The maximum Gasteiger partial charge on any atom is 0.490 e. The van der Waals surface area contributed by atoms with E-state index >= 15 is 0 Å². The summed E-state index contributed by atoms with van der Waals surface area (Å²) in [5, 5.41) is 13.6. The van der Waals surface area contributed by atoms with Gasteiger partial charge in [-0.05, 0) is 36.9 Å². The zero-order chi connectivity index (χ0) is 28.6. The van der Waals surface area contributed by atoms with Crippen molar-refractivity contribution in [2.75, 3.05) is 13.7 Å². The molecule has 1 amide bonds. The SMILES string of the molecule is CO[C@@H]([C@@H]1CCCN1)[C@@H](C)C(=O)N[C@@]1(C(=O)OCc2ccccc2)C[C@@H]1c1ccccc1.O=C(O)C(F)(F)F. The zero-order valence-electron chi connectivity index (χ0n) is 21.7. The number of amides is 1. The molecule has 8 nitrogen and oxygen atoms in total. The summed E-state index contributed by atoms with van der Waals surface area (Å²) >= 11 is 0. The van der Waals surface area contributed by atoms with E-state index in [1.165, 1.54) is 0 Å². The normalized spacial score (nSPS) is 23.5. The Bertz CT molecular complexity index is 1110. The van der Waals surface area contributed by atoms with Crippen molar-refractivity contribution in [1.29, 1.82) is 0 Å². The first kappa shape index (κ1) is 30.1. The molecule has 0 unspecified atom stereocenters. The van der Waals surface area contributed by atoms with Crippen LogP contribution in [0.25, 0.3) is 0 Å². The Morgan fingerprint density at radius 1 is 1.10 bits per heavy atom. The van der Waals surface area contributed by atoms with E-state index in [1.807, 2.05) is 67.6 Å². The van der Waals surface area contributed by atoms with Crippen LogP contribution >= 0.6 is 0 Å². The molecule has 39 heavy (non-hydrogen) atoms. The number of benzene rings is 2. The van der Waals surface area contributed by atoms with Crippen molar-refractivity contribution >= 4 is 17.8 Å². The molecular weight excluding hydrogens is 517 g/mol. The quantitative estimate of drug-likeness (QED) is 0.407. The Hall–Kier alpha value is -3.44. The fourth-order valence-electron chi connectivity index (χ4n) is 4.81. The van der Waals surface area contributed by atoms with Gasteiger partial charge in [0.05, 0.1) is 12.0 Å². The number of hydrogen-bond donors (Lipinski definition) is 3. The molecule has 1 saturated carbocycles. The Balaban J connectivity index is 0.000000532. The van der Waals surface area contributed by atoms with Crippen molar-refractivity contribution in [2.45, 2.75) is 62.6 Å². The number of nitrogens with one attached hydrogen (secondary N) is 2. The molecular formula is C28H33F3N2O6. The Morgan fingerprint density at radius 2 is 1.69 bits per heavy atom. The second-order valence-corrected chi connectivity index (χ2v) is 9.68. The highest BCUT2D eigenvalue weighted by molar-refractivity contribution is 5.93. The number of ether oxygens (including phenoxy) is 2. The summed E-state index contributed by atoms with van der Waals surface area (Å²) in [6.45, 7) is 2.98. The van der Waals surface area contributed by atoms with Crippen LogP contribution < -0.4 is 10.6 Å². The van der Waals surface area contributed by atoms with Crippen LogP contribution in [0.2, 0.25) is 0 Å². The first-order valence-electron chi connectivity index (χ1n) is 12.6. The van der Waals surface area contributed by atoms with Crippen LogP contribution in [0, 0.1) is 5.92 Å². The maximum absolute atomic E-state index is 13.3. The molecule has 1 aliphatic carbocycles. The van der Waals surface area contributed by atoms with E-state index in [2.05, 4.69) is 10.6 Å². The molecule has 2 aromatic carbocycles. The average Bonchev–Trinajstić information content (AvgIpc) is 3.39. The van der Waals surface area contributed by atoms with E-state index in [9.17, 15) is 22.8 Å². The molecule has 2 aromatic rings. The van der Waals surface area contributed by atoms with Crippen LogP contribution in [0.5, 0.6) is 0 Å². The molecule has 5 atom stereocenters. The van der Waals surface area contributed by atoms with Crippen molar-refractivity contribution in [3.8, 4) is 0 Å². The van der Waals surface area contributed by atoms with Crippen LogP contribution in [0.15, 0.2) is 60.7 Å². The molecule has 4 rings (SSSR count). The number of carboxylic acid groups (broad SMARTS) is 1. The van der Waals surface area contributed by atoms with Crippen LogP contribution in [-0.4, -0.2) is 60.5 Å². The number of rotatable bonds is 9. The predicted molar refractivity (Wildman–Crippen MR) is 136 cm³/mol. The highest BCUT2D eigenvalue weighted by Gasteiger charge is 2.63. The van der Waals surface area contributed by atoms with E-state index in [4.69, 9.17) is 19.4 Å². The van der Waals surface area contributed by atoms with Crippen molar-refractivity contribution in [1.82, 2.24) is 10.6 Å². The first-order chi connectivity index (χ1) is 18.5. The topological polar surface area (TPSA) is 114 Å². The standard InChI is InChI=1S/C26H32N2O4.C2HF3O2/c1-18(23(31-2)22-14-9-15-27-22)24(29)28-26(16-21(26)20-12-7-4-8-13-20)25(30)32-17-19-10-5-3-6-11-19;3-2(4,5)1(6)7/h3-8,10-13,18,21-23,27H,9,14-17H2,1-2H3,(H,28,29);(H,6,7)/t18-,21-,22+,23-,26+;/m1./s1. The summed E-state index contributed by atoms with van der Waals surface area (Å²) in [7, 11) is 1.64. The second-order valence-electron chi connectivity index (χ2n) is 9.68. The van der Waals surface area contributed by atoms with Crippen molar-refractivity contribution in [3.05, 3.63) is 71.8 Å². The number of carboxylic acids is 1. The summed E-state index contributed by atoms with van der Waals surface area (Å²) in [5.41, 5.74) is 0.903. The van der Waals surface area contributed by atoms with Crippen molar-refractivity contribution in [3.63, 3.8) is 0 Å². The van der Waals surface area contributed by atoms with Gasteiger partial charge in [-0.2, -0.15) is 13.2 Å². The predicted octanol–water partition coefficient (Wildman–Crippen LogP) is 3.81. The fraction of sp³-hybridized carbons (Fsp3) is 0.464. The number of aliphatic carboxylic acids is 1. The number of carbonyl (C=O) groups excluding carboxylic acids is 2. The van der Waals surface area contributed by atoms with E-state index in [0.29, 0.717) is 6.42 Å². The fourth-order valence-corrected chi connectivity index (χ4v) is 4.81. The highest BCUT2D eigenvalue weighted by Crippen LogP contribution is 2.52. The molecule has 1 aliphatic heterocycles. The minimum atomic E-state index is -5.08. The lowest BCUT2D eigenvalue weighted by Crippen LogP contribution is -2.52. The number of esters is 1. The summed E-state index contributed by atoms with van der Waals surface area (Å²) in [4.78, 5) is 35.4. The molecule has 11 heteroatoms. The number of alkyl halides is 3. The lowest BCUT2D eigenvalue weighted by atomic mass is 9.95. The van der Waals surface area contributed by atoms with Crippen LogP contribution in [0.3, 0.4) is 0 Å². The van der Waals surface area contributed by atoms with Crippen LogP contribution in [-0.2, 0) is 30.5 Å². The Kier molecular flexibility index (Phi) is 10.1. The third-order valence-corrected chi connectivity index (χ3v) is 7.00. The van der Waals surface area contributed by atoms with Gasteiger partial charge in [0.1, 0.15) is 12.1 Å². The average molecular weight is 551 g/mol. The van der Waals surface area contributed by atoms with E-state index in [1.54, 1.807) is 7.11 Å². The summed E-state index contributed by atoms with van der Waals surface area (Å²) < 4.78 is 43.1. The number of halogens is 3. The monoisotopic (exact) mass is 550 g/mol. The molecule has 2 aliphatic rings. The molecule has 3 N–H and O–H groups in total. The van der Waals surface area contributed by atoms with Gasteiger partial charge in [0.2, 0.25) is 5.91 Å². The third-order valence-electron chi connectivity index (χ3n) is 7.00. The summed E-state index contributed by atoms with van der Waals surface area (Å²) in [6.07, 6.45) is -2.75. The van der Waals surface area contributed by atoms with Gasteiger partial charge in [0.25, 0.3) is 0 Å². The van der Waals surface area contributed by atoms with Crippen LogP contribution in [0.1, 0.15) is 43.2 Å². The van der Waals surface area contributed by atoms with Gasteiger partial charge in [-0.1, -0.05) is 67.6 Å². The van der Waals surface area contributed by atoms with Gasteiger partial charge < -0.3 is 25.2 Å². The Morgan fingerprint density at radius 3 is 2.21 bits per heavy atom. The van der Waals surface area contributed by atoms with Gasteiger partial charge in [-0.3, -0.25) is 4.79 Å². The number of methoxy groups -OCH3 is 1. The molecule has 0 aromatic heterocycles. The molecule has 0 radical (unpaired) electrons. The molecule has 1 saturated heterocycles. The molecule has 2 fully saturated rings.